The number of piperazine rings is 1. The van der Waals surface area contributed by atoms with E-state index in [9.17, 15) is 4.79 Å². The highest BCUT2D eigenvalue weighted by Gasteiger charge is 2.25. The van der Waals surface area contributed by atoms with Gasteiger partial charge >= 0.3 is 0 Å². The number of fused-ring (bicyclic) bond motifs is 1. The van der Waals surface area contributed by atoms with Crippen LogP contribution in [0.15, 0.2) is 48.9 Å². The third-order valence-corrected chi connectivity index (χ3v) is 6.49. The molecule has 1 saturated carbocycles. The number of hydrogen-bond acceptors (Lipinski definition) is 7. The summed E-state index contributed by atoms with van der Waals surface area (Å²) in [6.45, 7) is 4.14. The number of imidazole rings is 1. The molecule has 172 valence electrons. The number of rotatable bonds is 7. The topological polar surface area (TPSA) is 103 Å². The fourth-order valence-electron chi connectivity index (χ4n) is 4.41. The first kappa shape index (κ1) is 20.7. The second-order valence-corrected chi connectivity index (χ2v) is 9.01. The van der Waals surface area contributed by atoms with E-state index in [4.69, 9.17) is 0 Å². The van der Waals surface area contributed by atoms with E-state index < -0.39 is 0 Å². The monoisotopic (exact) mass is 454 g/mol. The van der Waals surface area contributed by atoms with Gasteiger partial charge in [-0.05, 0) is 48.7 Å². The van der Waals surface area contributed by atoms with Crippen molar-refractivity contribution >= 4 is 29.2 Å². The van der Waals surface area contributed by atoms with Crippen molar-refractivity contribution in [3.63, 3.8) is 0 Å². The van der Waals surface area contributed by atoms with Crippen molar-refractivity contribution in [2.75, 3.05) is 31.5 Å². The maximum atomic E-state index is 10.9. The predicted molar refractivity (Wildman–Crippen MR) is 130 cm³/mol. The number of anilines is 2. The zero-order chi connectivity index (χ0) is 22.9. The standard InChI is InChI=1S/C25H26N8O/c34-16-33-9-7-32(8-10-33)14-17-5-6-26-24(11-17)31-25-29-20-4-3-19(12-23(20)30-25)22-13-21(18-1-2-18)27-15-28-22/h3-6,11-13,15-16,18H,1-2,7-10,14H2,(H2,26,29,30,31). The first-order valence-corrected chi connectivity index (χ1v) is 11.7. The normalized spacial score (nSPS) is 16.6. The summed E-state index contributed by atoms with van der Waals surface area (Å²) in [5.41, 5.74) is 6.11. The van der Waals surface area contributed by atoms with Crippen molar-refractivity contribution in [1.82, 2.24) is 34.7 Å². The summed E-state index contributed by atoms with van der Waals surface area (Å²) >= 11 is 0. The summed E-state index contributed by atoms with van der Waals surface area (Å²) in [7, 11) is 0. The van der Waals surface area contributed by atoms with Crippen LogP contribution in [0.3, 0.4) is 0 Å². The second-order valence-electron chi connectivity index (χ2n) is 9.01. The number of pyridine rings is 1. The van der Waals surface area contributed by atoms with Gasteiger partial charge in [0.15, 0.2) is 0 Å². The van der Waals surface area contributed by atoms with Crippen molar-refractivity contribution in [3.05, 3.63) is 60.2 Å². The molecular weight excluding hydrogens is 428 g/mol. The molecule has 3 aromatic heterocycles. The molecule has 2 N–H and O–H groups in total. The molecule has 0 unspecified atom stereocenters. The summed E-state index contributed by atoms with van der Waals surface area (Å²) < 4.78 is 0. The van der Waals surface area contributed by atoms with Crippen LogP contribution in [-0.4, -0.2) is 67.3 Å². The number of nitrogens with one attached hydrogen (secondary N) is 2. The minimum absolute atomic E-state index is 0.595. The summed E-state index contributed by atoms with van der Waals surface area (Å²) in [6.07, 6.45) is 6.84. The van der Waals surface area contributed by atoms with E-state index in [2.05, 4.69) is 53.3 Å². The lowest BCUT2D eigenvalue weighted by Gasteiger charge is -2.32. The van der Waals surface area contributed by atoms with Crippen LogP contribution in [0.4, 0.5) is 11.8 Å². The van der Waals surface area contributed by atoms with Crippen molar-refractivity contribution in [2.24, 2.45) is 0 Å². The number of aromatic nitrogens is 5. The van der Waals surface area contributed by atoms with E-state index in [1.807, 2.05) is 29.3 Å². The third-order valence-electron chi connectivity index (χ3n) is 6.49. The van der Waals surface area contributed by atoms with Crippen LogP contribution < -0.4 is 5.32 Å². The van der Waals surface area contributed by atoms with E-state index in [0.717, 1.165) is 72.9 Å². The van der Waals surface area contributed by atoms with Crippen molar-refractivity contribution in [1.29, 1.82) is 0 Å². The van der Waals surface area contributed by atoms with Crippen LogP contribution in [-0.2, 0) is 11.3 Å². The van der Waals surface area contributed by atoms with Gasteiger partial charge in [-0.15, -0.1) is 0 Å². The minimum atomic E-state index is 0.595. The Morgan fingerprint density at radius 1 is 1.03 bits per heavy atom. The quantitative estimate of drug-likeness (QED) is 0.413. The van der Waals surface area contributed by atoms with Gasteiger partial charge in [0.1, 0.15) is 12.1 Å². The Morgan fingerprint density at radius 2 is 1.91 bits per heavy atom. The number of H-pyrrole nitrogens is 1. The number of carbonyl (C=O) groups is 1. The molecule has 0 spiro atoms. The molecule has 4 aromatic rings. The largest absolute Gasteiger partial charge is 0.343 e. The maximum absolute atomic E-state index is 10.9. The van der Waals surface area contributed by atoms with E-state index in [0.29, 0.717) is 11.9 Å². The minimum Gasteiger partial charge on any atom is -0.343 e. The third kappa shape index (κ3) is 4.47. The Hall–Kier alpha value is -3.85. The summed E-state index contributed by atoms with van der Waals surface area (Å²) in [6, 6.07) is 12.3. The van der Waals surface area contributed by atoms with E-state index >= 15 is 0 Å². The van der Waals surface area contributed by atoms with Crippen LogP contribution in [0.2, 0.25) is 0 Å². The molecule has 0 atom stereocenters. The molecule has 34 heavy (non-hydrogen) atoms. The van der Waals surface area contributed by atoms with Gasteiger partial charge in [-0.1, -0.05) is 6.07 Å². The lowest BCUT2D eigenvalue weighted by atomic mass is 10.1. The van der Waals surface area contributed by atoms with Crippen LogP contribution >= 0.6 is 0 Å². The van der Waals surface area contributed by atoms with Crippen LogP contribution in [0.25, 0.3) is 22.3 Å². The zero-order valence-corrected chi connectivity index (χ0v) is 18.8. The Bertz CT molecular complexity index is 1320. The molecule has 1 saturated heterocycles. The molecule has 9 nitrogen and oxygen atoms in total. The number of carbonyl (C=O) groups excluding carboxylic acids is 1. The molecule has 0 bridgehead atoms. The fraction of sp³-hybridized carbons (Fsp3) is 0.320. The maximum Gasteiger partial charge on any atom is 0.209 e. The smallest absolute Gasteiger partial charge is 0.209 e. The van der Waals surface area contributed by atoms with Gasteiger partial charge in [-0.2, -0.15) is 0 Å². The fourth-order valence-corrected chi connectivity index (χ4v) is 4.41. The molecule has 1 aromatic carbocycles. The molecule has 1 aliphatic carbocycles. The molecule has 2 aliphatic rings. The molecule has 1 amide bonds. The van der Waals surface area contributed by atoms with Crippen molar-refractivity contribution < 1.29 is 4.79 Å². The summed E-state index contributed by atoms with van der Waals surface area (Å²) in [5.74, 6) is 1.99. The highest BCUT2D eigenvalue weighted by molar-refractivity contribution is 5.83. The van der Waals surface area contributed by atoms with E-state index in [1.165, 1.54) is 18.4 Å². The highest BCUT2D eigenvalue weighted by Crippen LogP contribution is 2.39. The number of hydrogen-bond donors (Lipinski definition) is 2. The molecule has 4 heterocycles. The van der Waals surface area contributed by atoms with E-state index in [-0.39, 0.29) is 0 Å². The van der Waals surface area contributed by atoms with E-state index in [1.54, 1.807) is 6.33 Å². The van der Waals surface area contributed by atoms with Crippen LogP contribution in [0.1, 0.15) is 30.0 Å². The number of aromatic amines is 1. The van der Waals surface area contributed by atoms with Crippen LogP contribution in [0.5, 0.6) is 0 Å². The van der Waals surface area contributed by atoms with Gasteiger partial charge in [-0.3, -0.25) is 9.69 Å². The van der Waals surface area contributed by atoms with Gasteiger partial charge in [0.25, 0.3) is 0 Å². The molecule has 2 fully saturated rings. The average molecular weight is 455 g/mol. The Labute approximate surface area is 197 Å². The Morgan fingerprint density at radius 3 is 2.74 bits per heavy atom. The molecule has 6 rings (SSSR count). The SMILES string of the molecule is O=CN1CCN(Cc2ccnc(Nc3nc4ccc(-c5cc(C6CC6)ncn5)cc4[nH]3)c2)CC1. The number of nitrogens with zero attached hydrogens (tertiary/aromatic N) is 6. The predicted octanol–water partition coefficient (Wildman–Crippen LogP) is 3.31. The Kier molecular flexibility index (Phi) is 5.38. The van der Waals surface area contributed by atoms with Crippen molar-refractivity contribution in [3.8, 4) is 11.3 Å². The molecular formula is C25H26N8O. The molecule has 0 radical (unpaired) electrons. The Balaban J connectivity index is 1.17. The van der Waals surface area contributed by atoms with Gasteiger partial charge < -0.3 is 15.2 Å². The summed E-state index contributed by atoms with van der Waals surface area (Å²) in [5, 5.41) is 3.30. The second kappa shape index (κ2) is 8.83. The zero-order valence-electron chi connectivity index (χ0n) is 18.8. The van der Waals surface area contributed by atoms with Gasteiger partial charge in [0, 0.05) is 56.1 Å². The van der Waals surface area contributed by atoms with Gasteiger partial charge in [0.05, 0.1) is 16.7 Å². The highest BCUT2D eigenvalue weighted by atomic mass is 16.1. The van der Waals surface area contributed by atoms with Crippen molar-refractivity contribution in [2.45, 2.75) is 25.3 Å². The number of amides is 1. The van der Waals surface area contributed by atoms with Gasteiger partial charge in [0.2, 0.25) is 12.4 Å². The lowest BCUT2D eigenvalue weighted by molar-refractivity contribution is -0.119. The first-order chi connectivity index (χ1) is 16.7. The molecule has 1 aliphatic heterocycles. The van der Waals surface area contributed by atoms with Gasteiger partial charge in [-0.25, -0.2) is 19.9 Å². The van der Waals surface area contributed by atoms with Crippen LogP contribution in [0, 0.1) is 0 Å². The lowest BCUT2D eigenvalue weighted by Crippen LogP contribution is -2.45. The first-order valence-electron chi connectivity index (χ1n) is 11.7. The molecule has 9 heteroatoms. The summed E-state index contributed by atoms with van der Waals surface area (Å²) in [4.78, 5) is 36.5. The number of benzene rings is 1. The average Bonchev–Trinajstić information content (AvgIpc) is 3.65.